The van der Waals surface area contributed by atoms with Gasteiger partial charge in [0.2, 0.25) is 0 Å². The van der Waals surface area contributed by atoms with Crippen molar-refractivity contribution in [1.82, 2.24) is 0 Å². The quantitative estimate of drug-likeness (QED) is 0.0727. The fourth-order valence-electron chi connectivity index (χ4n) is 8.93. The van der Waals surface area contributed by atoms with Crippen LogP contribution in [-0.2, 0) is 38.1 Å². The van der Waals surface area contributed by atoms with E-state index in [1.165, 1.54) is 62.2 Å². The minimum atomic E-state index is -0.746. The largest absolute Gasteiger partial charge is 0.0622 e. The van der Waals surface area contributed by atoms with Gasteiger partial charge in [0.25, 0.3) is 0 Å². The summed E-state index contributed by atoms with van der Waals surface area (Å²) in [4.78, 5) is 0. The second kappa shape index (κ2) is 35.9. The molecular formula is C72H70BBrCl2F4O4P2Pd. The van der Waals surface area contributed by atoms with Crippen LogP contribution in [0.15, 0.2) is 259 Å². The molecule has 87 heavy (non-hydrogen) atoms. The predicted molar refractivity (Wildman–Crippen MR) is 361 cm³/mol. The number of benzene rings is 10. The van der Waals surface area contributed by atoms with Crippen molar-refractivity contribution in [1.29, 1.82) is 0 Å². The van der Waals surface area contributed by atoms with E-state index in [1.54, 1.807) is 24.3 Å². The Kier molecular flexibility index (Phi) is 29.0. The first kappa shape index (κ1) is 70.2. The minimum Gasteiger partial charge on any atom is -0.0622 e. The Bertz CT molecular complexity index is 3310. The van der Waals surface area contributed by atoms with Crippen LogP contribution in [0.4, 0.5) is 17.6 Å². The smallest absolute Gasteiger partial charge is 0.0134 e. The second-order valence-corrected chi connectivity index (χ2v) is 28.5. The normalized spacial score (nSPS) is 12.6. The summed E-state index contributed by atoms with van der Waals surface area (Å²) in [5.41, 5.74) is 2.31. The van der Waals surface area contributed by atoms with Gasteiger partial charge in [-0.2, -0.15) is 0 Å². The molecule has 10 aromatic carbocycles. The first-order valence-corrected chi connectivity index (χ1v) is 35.7. The molecule has 2 N–H and O–H groups in total. The van der Waals surface area contributed by atoms with Crippen molar-refractivity contribution in [3.8, 4) is 22.6 Å². The van der Waals surface area contributed by atoms with Gasteiger partial charge in [-0.25, -0.2) is 17.6 Å². The third-order valence-electron chi connectivity index (χ3n) is 13.9. The Hall–Kier alpha value is -5.91. The first-order valence-electron chi connectivity index (χ1n) is 28.2. The Labute approximate surface area is 538 Å². The van der Waals surface area contributed by atoms with Gasteiger partial charge in [-0.3, -0.25) is 0 Å². The van der Waals surface area contributed by atoms with E-state index in [0.717, 1.165) is 42.9 Å². The van der Waals surface area contributed by atoms with Crippen LogP contribution in [0.2, 0.25) is 0 Å². The van der Waals surface area contributed by atoms with Crippen LogP contribution in [0.1, 0.15) is 65.5 Å². The van der Waals surface area contributed by atoms with Gasteiger partial charge in [-0.15, -0.1) is 0 Å². The molecule has 0 spiro atoms. The second-order valence-electron chi connectivity index (χ2n) is 20.7. The fourth-order valence-corrected chi connectivity index (χ4v) is 13.9. The molecule has 1 heterocycles. The molecule has 4 nitrogen and oxygen atoms in total. The molecule has 0 radical (unpaired) electrons. The van der Waals surface area contributed by atoms with Crippen molar-refractivity contribution in [2.45, 2.75) is 78.4 Å². The maximum Gasteiger partial charge on any atom is -0.0134 e. The Morgan fingerprint density at radius 3 is 1.05 bits per heavy atom. The summed E-state index contributed by atoms with van der Waals surface area (Å²) in [6, 6.07) is 82.8. The van der Waals surface area contributed by atoms with E-state index in [0.29, 0.717) is 21.1 Å². The maximum absolute atomic E-state index is 14.2. The molecule has 11 rings (SSSR count). The molecule has 0 aromatic heterocycles. The van der Waals surface area contributed by atoms with Gasteiger partial charge < -0.3 is 19.5 Å². The number of phenolic OH excluding ortho intramolecular Hbond substituents is 2. The first-order chi connectivity index (χ1) is 41.9. The van der Waals surface area contributed by atoms with Crippen LogP contribution in [-0.4, -0.2) is 28.5 Å². The van der Waals surface area contributed by atoms with E-state index in [4.69, 9.17) is 38.6 Å². The number of rotatable bonds is 12. The maximum atomic E-state index is 14.2. The molecule has 1 saturated heterocycles. The topological polar surface area (TPSA) is 58.9 Å². The third-order valence-corrected chi connectivity index (χ3v) is 19.3. The Morgan fingerprint density at radius 2 is 0.747 bits per heavy atom. The van der Waals surface area contributed by atoms with Crippen LogP contribution < -0.4 is 37.3 Å². The molecule has 0 unspecified atom stereocenters. The van der Waals surface area contributed by atoms with Gasteiger partial charge in [0, 0.05) is 15.5 Å². The molecule has 454 valence electrons. The van der Waals surface area contributed by atoms with Crippen molar-refractivity contribution >= 4 is 95.2 Å². The third kappa shape index (κ3) is 21.4. The standard InChI is InChI=1S/2C18H15P.C15H22BFO2.C15H14F2O.C6H4BrFO.2ClH.Pd/c2*1-4-10-16(11-5-1)19(17-12-6-2-7-13-17)18-14-8-3-9-15-18;1-6-7-11-8-9-12(13(17)10-11)16-18-14(2,3)15(4,5)19-16;1-2-3-10-4-6-12(13(16)8-10)11-5-7-15(18)14(17)9-11;7-4-1-2-6(9)5(8)3-4;;;/h2*1-15H;8-10H,6-7H2,1-5H3;4-9,18H,2-3H2,1H3;1-3,9H;2*1H;/q;;;;;;;+2/p-2. The average molecular weight is 1410 g/mol. The van der Waals surface area contributed by atoms with Gasteiger partial charge in [-0.1, -0.05) is 255 Å². The van der Waals surface area contributed by atoms with E-state index in [9.17, 15) is 17.6 Å². The van der Waals surface area contributed by atoms with Crippen LogP contribution in [0.3, 0.4) is 0 Å². The van der Waals surface area contributed by atoms with Gasteiger partial charge in [0.05, 0.1) is 11.2 Å². The Morgan fingerprint density at radius 1 is 0.425 bits per heavy atom. The molecule has 1 aliphatic heterocycles. The molecule has 10 aromatic rings. The van der Waals surface area contributed by atoms with E-state index < -0.39 is 51.5 Å². The average Bonchev–Trinajstić information content (AvgIpc) is 3.48. The van der Waals surface area contributed by atoms with Gasteiger partial charge in [-0.05, 0) is 147 Å². The molecular weight excluding hydrogens is 1330 g/mol. The SMILES string of the molecule is CCCc1ccc(-c2ccc(O)c(F)c2)c(F)c1.CCCc1ccc(B2OC(C)(C)C(C)(C)O2)c(F)c1.Oc1ccc(Br)cc1F.[Cl][Pd][Cl].c1ccc(P(c2ccccc2)c2ccccc2)cc1.c1ccc(P(c2ccccc2)c2ccccc2)cc1. The molecule has 0 aliphatic carbocycles. The Balaban J connectivity index is 0.000000174. The molecule has 0 bridgehead atoms. The zero-order chi connectivity index (χ0) is 62.8. The predicted octanol–water partition coefficient (Wildman–Crippen LogP) is 17.9. The summed E-state index contributed by atoms with van der Waals surface area (Å²) in [7, 11) is 8.11. The zero-order valence-electron chi connectivity index (χ0n) is 49.2. The van der Waals surface area contributed by atoms with E-state index in [-0.39, 0.29) is 33.3 Å². The molecule has 0 amide bonds. The minimum absolute atomic E-state index is 0.106. The summed E-state index contributed by atoms with van der Waals surface area (Å²) in [5, 5.41) is 26.1. The van der Waals surface area contributed by atoms with Crippen molar-refractivity contribution in [2.75, 3.05) is 0 Å². The van der Waals surface area contributed by atoms with E-state index in [1.807, 2.05) is 46.8 Å². The number of hydrogen-bond donors (Lipinski definition) is 2. The van der Waals surface area contributed by atoms with Crippen LogP contribution >= 0.6 is 50.8 Å². The number of aryl methyl sites for hydroxylation is 2. The van der Waals surface area contributed by atoms with E-state index >= 15 is 0 Å². The molecule has 0 saturated carbocycles. The number of phenols is 2. The summed E-state index contributed by atoms with van der Waals surface area (Å²) < 4.78 is 66.0. The van der Waals surface area contributed by atoms with Crippen molar-refractivity contribution in [2.24, 2.45) is 0 Å². The monoisotopic (exact) mass is 1400 g/mol. The molecule has 1 aliphatic rings. The molecule has 0 atom stereocenters. The summed E-state index contributed by atoms with van der Waals surface area (Å²) in [5.74, 6) is -2.72. The van der Waals surface area contributed by atoms with Crippen LogP contribution in [0.25, 0.3) is 11.1 Å². The van der Waals surface area contributed by atoms with Gasteiger partial charge in [0.15, 0.2) is 23.1 Å². The van der Waals surface area contributed by atoms with Crippen LogP contribution in [0, 0.1) is 23.3 Å². The fraction of sp³-hybridized carbons (Fsp3) is 0.167. The molecule has 15 heteroatoms. The van der Waals surface area contributed by atoms with Crippen molar-refractivity contribution in [3.05, 3.63) is 294 Å². The summed E-state index contributed by atoms with van der Waals surface area (Å²) >= 11 is 2.94. The summed E-state index contributed by atoms with van der Waals surface area (Å²) in [6.07, 6.45) is 3.67. The van der Waals surface area contributed by atoms with Crippen molar-refractivity contribution < 1.29 is 53.0 Å². The van der Waals surface area contributed by atoms with Gasteiger partial charge >= 0.3 is 42.1 Å². The van der Waals surface area contributed by atoms with Crippen LogP contribution in [0.5, 0.6) is 11.5 Å². The van der Waals surface area contributed by atoms with Crippen molar-refractivity contribution in [3.63, 3.8) is 0 Å². The number of halogens is 7. The summed E-state index contributed by atoms with van der Waals surface area (Å²) in [6.45, 7) is 12.0. The number of aromatic hydroxyl groups is 2. The van der Waals surface area contributed by atoms with E-state index in [2.05, 4.69) is 205 Å². The number of hydrogen-bond acceptors (Lipinski definition) is 4. The van der Waals surface area contributed by atoms with Gasteiger partial charge in [0.1, 0.15) is 11.6 Å². The zero-order valence-corrected chi connectivity index (χ0v) is 55.7. The molecule has 1 fully saturated rings.